The van der Waals surface area contributed by atoms with Gasteiger partial charge in [-0.3, -0.25) is 0 Å². The number of rotatable bonds is 2. The first-order valence-electron chi connectivity index (χ1n) is 5.69. The van der Waals surface area contributed by atoms with E-state index in [2.05, 4.69) is 20.6 Å². The standard InChI is InChI=1S/C13H13FN4S/c1-8-7-9(2)16-12(15-8)18-13(19)17-11-5-3-10(14)4-6-11/h3-7H,1-2H3,(H2,15,16,17,18,19). The Bertz CT molecular complexity index is 578. The fourth-order valence-electron chi connectivity index (χ4n) is 1.58. The molecule has 0 saturated carbocycles. The molecule has 0 aliphatic carbocycles. The summed E-state index contributed by atoms with van der Waals surface area (Å²) in [6.07, 6.45) is 0. The van der Waals surface area contributed by atoms with Crippen molar-refractivity contribution in [1.82, 2.24) is 9.97 Å². The molecule has 0 radical (unpaired) electrons. The summed E-state index contributed by atoms with van der Waals surface area (Å²) in [6, 6.07) is 7.80. The zero-order valence-corrected chi connectivity index (χ0v) is 11.4. The van der Waals surface area contributed by atoms with Crippen LogP contribution in [0.4, 0.5) is 16.0 Å². The molecule has 6 heteroatoms. The van der Waals surface area contributed by atoms with Gasteiger partial charge in [0.2, 0.25) is 5.95 Å². The molecule has 0 unspecified atom stereocenters. The van der Waals surface area contributed by atoms with E-state index in [1.165, 1.54) is 12.1 Å². The van der Waals surface area contributed by atoms with Crippen LogP contribution in [0.3, 0.4) is 0 Å². The Kier molecular flexibility index (Phi) is 4.01. The van der Waals surface area contributed by atoms with E-state index in [9.17, 15) is 4.39 Å². The van der Waals surface area contributed by atoms with E-state index in [-0.39, 0.29) is 5.82 Å². The first-order chi connectivity index (χ1) is 9.02. The number of benzene rings is 1. The van der Waals surface area contributed by atoms with Crippen LogP contribution in [0.1, 0.15) is 11.4 Å². The number of aromatic nitrogens is 2. The van der Waals surface area contributed by atoms with Gasteiger partial charge in [0.1, 0.15) is 5.82 Å². The largest absolute Gasteiger partial charge is 0.332 e. The molecule has 4 nitrogen and oxygen atoms in total. The molecule has 0 saturated heterocycles. The van der Waals surface area contributed by atoms with Crippen LogP contribution < -0.4 is 10.6 Å². The predicted octanol–water partition coefficient (Wildman–Crippen LogP) is 3.04. The van der Waals surface area contributed by atoms with Crippen molar-refractivity contribution in [2.75, 3.05) is 10.6 Å². The van der Waals surface area contributed by atoms with Crippen LogP contribution in [0, 0.1) is 19.7 Å². The van der Waals surface area contributed by atoms with E-state index in [0.29, 0.717) is 16.7 Å². The first kappa shape index (κ1) is 13.4. The monoisotopic (exact) mass is 276 g/mol. The van der Waals surface area contributed by atoms with Crippen LogP contribution in [0.2, 0.25) is 0 Å². The molecule has 0 aliphatic heterocycles. The molecule has 98 valence electrons. The SMILES string of the molecule is Cc1cc(C)nc(NC(=S)Nc2ccc(F)cc2)n1. The summed E-state index contributed by atoms with van der Waals surface area (Å²) in [5.74, 6) is 0.152. The van der Waals surface area contributed by atoms with Gasteiger partial charge < -0.3 is 10.6 Å². The Morgan fingerprint density at radius 3 is 2.21 bits per heavy atom. The highest BCUT2D eigenvalue weighted by Gasteiger charge is 2.03. The maximum atomic E-state index is 12.8. The molecule has 0 bridgehead atoms. The quantitative estimate of drug-likeness (QED) is 0.826. The Balaban J connectivity index is 2.03. The molecule has 1 aromatic carbocycles. The van der Waals surface area contributed by atoms with Crippen LogP contribution >= 0.6 is 12.2 Å². The molecule has 0 amide bonds. The number of thiocarbonyl (C=S) groups is 1. The Hall–Kier alpha value is -2.08. The zero-order valence-electron chi connectivity index (χ0n) is 10.6. The number of hydrogen-bond acceptors (Lipinski definition) is 3. The van der Waals surface area contributed by atoms with Gasteiger partial charge in [0.05, 0.1) is 0 Å². The maximum Gasteiger partial charge on any atom is 0.229 e. The smallest absolute Gasteiger partial charge is 0.229 e. The lowest BCUT2D eigenvalue weighted by Crippen LogP contribution is -2.20. The van der Waals surface area contributed by atoms with Crippen molar-refractivity contribution in [3.05, 3.63) is 47.5 Å². The molecule has 2 rings (SSSR count). The summed E-state index contributed by atoms with van der Waals surface area (Å²) in [5, 5.41) is 6.18. The van der Waals surface area contributed by atoms with Gasteiger partial charge in [-0.1, -0.05) is 0 Å². The summed E-state index contributed by atoms with van der Waals surface area (Å²) in [4.78, 5) is 8.44. The van der Waals surface area contributed by atoms with Crippen molar-refractivity contribution < 1.29 is 4.39 Å². The van der Waals surface area contributed by atoms with Crippen molar-refractivity contribution in [2.24, 2.45) is 0 Å². The fraction of sp³-hybridized carbons (Fsp3) is 0.154. The number of hydrogen-bond donors (Lipinski definition) is 2. The van der Waals surface area contributed by atoms with Crippen LogP contribution in [0.15, 0.2) is 30.3 Å². The van der Waals surface area contributed by atoms with Crippen molar-refractivity contribution >= 4 is 29.0 Å². The van der Waals surface area contributed by atoms with Crippen molar-refractivity contribution in [1.29, 1.82) is 0 Å². The van der Waals surface area contributed by atoms with Gasteiger partial charge in [0.25, 0.3) is 0 Å². The van der Waals surface area contributed by atoms with E-state index >= 15 is 0 Å². The number of anilines is 2. The third-order valence-electron chi connectivity index (χ3n) is 2.31. The molecular formula is C13H13FN4S. The lowest BCUT2D eigenvalue weighted by molar-refractivity contribution is 0.628. The number of nitrogens with one attached hydrogen (secondary N) is 2. The molecule has 1 aromatic heterocycles. The van der Waals surface area contributed by atoms with Gasteiger partial charge >= 0.3 is 0 Å². The van der Waals surface area contributed by atoms with Gasteiger partial charge in [-0.2, -0.15) is 0 Å². The Morgan fingerprint density at radius 2 is 1.63 bits per heavy atom. The first-order valence-corrected chi connectivity index (χ1v) is 6.09. The van der Waals surface area contributed by atoms with Gasteiger partial charge in [0.15, 0.2) is 5.11 Å². The minimum absolute atomic E-state index is 0.290. The van der Waals surface area contributed by atoms with Gasteiger partial charge in [-0.15, -0.1) is 0 Å². The number of halogens is 1. The zero-order chi connectivity index (χ0) is 13.8. The van der Waals surface area contributed by atoms with Crippen LogP contribution in [-0.4, -0.2) is 15.1 Å². The van der Waals surface area contributed by atoms with E-state index < -0.39 is 0 Å². The summed E-state index contributed by atoms with van der Waals surface area (Å²) in [6.45, 7) is 3.77. The highest BCUT2D eigenvalue weighted by molar-refractivity contribution is 7.80. The predicted molar refractivity (Wildman–Crippen MR) is 77.7 cm³/mol. The lowest BCUT2D eigenvalue weighted by Gasteiger charge is -2.10. The van der Waals surface area contributed by atoms with Gasteiger partial charge in [-0.05, 0) is 56.4 Å². The van der Waals surface area contributed by atoms with Gasteiger partial charge in [0, 0.05) is 17.1 Å². The van der Waals surface area contributed by atoms with Crippen LogP contribution in [-0.2, 0) is 0 Å². The van der Waals surface area contributed by atoms with Crippen LogP contribution in [0.25, 0.3) is 0 Å². The topological polar surface area (TPSA) is 49.8 Å². The van der Waals surface area contributed by atoms with Crippen molar-refractivity contribution in [3.8, 4) is 0 Å². The molecule has 0 aliphatic rings. The minimum Gasteiger partial charge on any atom is -0.332 e. The summed E-state index contributed by atoms with van der Waals surface area (Å²) >= 11 is 5.14. The van der Waals surface area contributed by atoms with Crippen molar-refractivity contribution in [3.63, 3.8) is 0 Å². The van der Waals surface area contributed by atoms with E-state index in [1.807, 2.05) is 19.9 Å². The van der Waals surface area contributed by atoms with E-state index in [0.717, 1.165) is 11.4 Å². The summed E-state index contributed by atoms with van der Waals surface area (Å²) < 4.78 is 12.8. The molecule has 2 aromatic rings. The Labute approximate surface area is 116 Å². The average Bonchev–Trinajstić information content (AvgIpc) is 2.30. The molecular weight excluding hydrogens is 263 g/mol. The number of aryl methyl sites for hydroxylation is 2. The molecule has 0 spiro atoms. The van der Waals surface area contributed by atoms with Crippen LogP contribution in [0.5, 0.6) is 0 Å². The number of nitrogens with zero attached hydrogens (tertiary/aromatic N) is 2. The normalized spacial score (nSPS) is 10.1. The average molecular weight is 276 g/mol. The highest BCUT2D eigenvalue weighted by Crippen LogP contribution is 2.09. The molecule has 0 atom stereocenters. The van der Waals surface area contributed by atoms with Gasteiger partial charge in [-0.25, -0.2) is 14.4 Å². The van der Waals surface area contributed by atoms with E-state index in [4.69, 9.17) is 12.2 Å². The molecule has 1 heterocycles. The highest BCUT2D eigenvalue weighted by atomic mass is 32.1. The molecule has 19 heavy (non-hydrogen) atoms. The maximum absolute atomic E-state index is 12.8. The minimum atomic E-state index is -0.290. The summed E-state index contributed by atoms with van der Waals surface area (Å²) in [7, 11) is 0. The fourth-order valence-corrected chi connectivity index (χ4v) is 1.79. The summed E-state index contributed by atoms with van der Waals surface area (Å²) in [5.41, 5.74) is 2.42. The van der Waals surface area contributed by atoms with E-state index in [1.54, 1.807) is 12.1 Å². The second-order valence-corrected chi connectivity index (χ2v) is 4.47. The Morgan fingerprint density at radius 1 is 1.05 bits per heavy atom. The second-order valence-electron chi connectivity index (χ2n) is 4.06. The molecule has 2 N–H and O–H groups in total. The molecule has 0 fully saturated rings. The van der Waals surface area contributed by atoms with Crippen molar-refractivity contribution in [2.45, 2.75) is 13.8 Å². The third-order valence-corrected chi connectivity index (χ3v) is 2.51. The lowest BCUT2D eigenvalue weighted by atomic mass is 10.3. The second kappa shape index (κ2) is 5.71. The third kappa shape index (κ3) is 3.96.